The molecular weight excluding hydrogens is 749 g/mol. The van der Waals surface area contributed by atoms with Crippen LogP contribution in [0.2, 0.25) is 0 Å². The van der Waals surface area contributed by atoms with Gasteiger partial charge in [0.05, 0.1) is 22.4 Å². The number of anilines is 3. The van der Waals surface area contributed by atoms with E-state index >= 15 is 0 Å². The van der Waals surface area contributed by atoms with Crippen LogP contribution in [-0.2, 0) is 5.41 Å². The summed E-state index contributed by atoms with van der Waals surface area (Å²) < 4.78 is 2.40. The smallest absolute Gasteiger partial charge is 0.0543 e. The molecule has 11 aromatic rings. The number of benzene rings is 10. The lowest BCUT2D eigenvalue weighted by Gasteiger charge is -2.32. The first-order valence-corrected chi connectivity index (χ1v) is 21.5. The lowest BCUT2D eigenvalue weighted by Crippen LogP contribution is -2.22. The minimum Gasteiger partial charge on any atom is -0.309 e. The van der Waals surface area contributed by atoms with Gasteiger partial charge in [0, 0.05) is 38.7 Å². The maximum Gasteiger partial charge on any atom is 0.0543 e. The monoisotopic (exact) mass is 790 g/mol. The molecular formula is C60H42N2. The Hall–Kier alpha value is -7.94. The highest BCUT2D eigenvalue weighted by molar-refractivity contribution is 6.12. The third-order valence-electron chi connectivity index (χ3n) is 13.3. The van der Waals surface area contributed by atoms with Crippen LogP contribution < -0.4 is 4.90 Å². The normalized spacial score (nSPS) is 14.3. The summed E-state index contributed by atoms with van der Waals surface area (Å²) in [4.78, 5) is 2.54. The Labute approximate surface area is 362 Å². The summed E-state index contributed by atoms with van der Waals surface area (Å²) >= 11 is 0. The molecule has 1 atom stereocenters. The summed E-state index contributed by atoms with van der Waals surface area (Å²) in [5, 5.41) is 4.90. The summed E-state index contributed by atoms with van der Waals surface area (Å²) in [6, 6.07) is 86.9. The molecule has 0 saturated carbocycles. The van der Waals surface area contributed by atoms with Gasteiger partial charge in [0.1, 0.15) is 0 Å². The molecule has 0 saturated heterocycles. The van der Waals surface area contributed by atoms with Crippen LogP contribution in [0.25, 0.3) is 71.6 Å². The highest BCUT2D eigenvalue weighted by Crippen LogP contribution is 2.57. The zero-order valence-corrected chi connectivity index (χ0v) is 34.4. The van der Waals surface area contributed by atoms with Gasteiger partial charge in [-0.05, 0) is 105 Å². The van der Waals surface area contributed by atoms with Gasteiger partial charge < -0.3 is 9.47 Å². The van der Waals surface area contributed by atoms with E-state index in [0.29, 0.717) is 0 Å². The quantitative estimate of drug-likeness (QED) is 0.156. The molecule has 292 valence electrons. The minimum absolute atomic E-state index is 0.346. The Kier molecular flexibility index (Phi) is 8.33. The fourth-order valence-corrected chi connectivity index (χ4v) is 10.5. The number of nitrogens with zero attached hydrogens (tertiary/aromatic N) is 2. The fourth-order valence-electron chi connectivity index (χ4n) is 10.5. The number of fused-ring (bicyclic) bond motifs is 7. The summed E-state index contributed by atoms with van der Waals surface area (Å²) in [5.41, 5.74) is 17.8. The van der Waals surface area contributed by atoms with Crippen LogP contribution >= 0.6 is 0 Å². The van der Waals surface area contributed by atoms with E-state index < -0.39 is 0 Å². The summed E-state index contributed by atoms with van der Waals surface area (Å²) in [5.74, 6) is 0. The lowest BCUT2D eigenvalue weighted by atomic mass is 9.74. The van der Waals surface area contributed by atoms with Gasteiger partial charge in [-0.2, -0.15) is 0 Å². The number of para-hydroxylation sites is 3. The highest BCUT2D eigenvalue weighted by Gasteiger charge is 2.42. The van der Waals surface area contributed by atoms with E-state index in [2.05, 4.69) is 253 Å². The standard InChI is InChI=1S/C60H42N2/c1-60(43-24-7-3-8-25-43)52-33-14-11-30-50(52)59-53(60)34-19-37-57(59)62(45-38-39-56-51(40-45)48-29-13-16-36-55(48)61(56)44-26-9-4-10-27-44)54-35-15-12-28-47(54)49-32-18-23-42-22-17-31-46(58(42)49)41-20-5-2-6-21-41/h2-40H,1H3. The number of aromatic nitrogens is 1. The van der Waals surface area contributed by atoms with Crippen molar-refractivity contribution in [3.05, 3.63) is 253 Å². The molecule has 1 unspecified atom stereocenters. The predicted molar refractivity (Wildman–Crippen MR) is 261 cm³/mol. The number of hydrogen-bond donors (Lipinski definition) is 0. The Morgan fingerprint density at radius 3 is 1.79 bits per heavy atom. The van der Waals surface area contributed by atoms with Gasteiger partial charge in [0.2, 0.25) is 0 Å². The molecule has 0 radical (unpaired) electrons. The van der Waals surface area contributed by atoms with Crippen molar-refractivity contribution in [2.45, 2.75) is 12.3 Å². The summed E-state index contributed by atoms with van der Waals surface area (Å²) in [6.45, 7) is 2.40. The Morgan fingerprint density at radius 2 is 0.984 bits per heavy atom. The van der Waals surface area contributed by atoms with Crippen molar-refractivity contribution in [2.24, 2.45) is 0 Å². The summed E-state index contributed by atoms with van der Waals surface area (Å²) in [7, 11) is 0. The van der Waals surface area contributed by atoms with Gasteiger partial charge in [0.15, 0.2) is 0 Å². The average molecular weight is 791 g/mol. The molecule has 0 spiro atoms. The molecule has 0 N–H and O–H groups in total. The molecule has 0 bridgehead atoms. The van der Waals surface area contributed by atoms with Crippen LogP contribution in [0.1, 0.15) is 23.6 Å². The van der Waals surface area contributed by atoms with Crippen LogP contribution in [0.5, 0.6) is 0 Å². The van der Waals surface area contributed by atoms with Crippen molar-refractivity contribution >= 4 is 49.6 Å². The van der Waals surface area contributed by atoms with Gasteiger partial charge in [-0.1, -0.05) is 188 Å². The van der Waals surface area contributed by atoms with Crippen molar-refractivity contribution < 1.29 is 0 Å². The molecule has 10 aromatic carbocycles. The van der Waals surface area contributed by atoms with E-state index in [0.717, 1.165) is 22.7 Å². The molecule has 1 aliphatic rings. The zero-order valence-electron chi connectivity index (χ0n) is 34.4. The van der Waals surface area contributed by atoms with Crippen molar-refractivity contribution in [1.29, 1.82) is 0 Å². The maximum atomic E-state index is 2.54. The Balaban J connectivity index is 1.17. The Morgan fingerprint density at radius 1 is 0.403 bits per heavy atom. The number of rotatable bonds is 7. The molecule has 2 heteroatoms. The van der Waals surface area contributed by atoms with E-state index in [1.807, 2.05) is 0 Å². The molecule has 2 nitrogen and oxygen atoms in total. The van der Waals surface area contributed by atoms with Crippen molar-refractivity contribution in [2.75, 3.05) is 4.90 Å². The van der Waals surface area contributed by atoms with Gasteiger partial charge in [-0.15, -0.1) is 0 Å². The first kappa shape index (κ1) is 36.0. The van der Waals surface area contributed by atoms with Gasteiger partial charge in [0.25, 0.3) is 0 Å². The predicted octanol–water partition coefficient (Wildman–Crippen LogP) is 16.1. The van der Waals surface area contributed by atoms with Crippen LogP contribution in [0.15, 0.2) is 237 Å². The summed E-state index contributed by atoms with van der Waals surface area (Å²) in [6.07, 6.45) is 0. The molecule has 0 amide bonds. The molecule has 1 aromatic heterocycles. The topological polar surface area (TPSA) is 8.17 Å². The third kappa shape index (κ3) is 5.43. The zero-order chi connectivity index (χ0) is 41.2. The molecule has 62 heavy (non-hydrogen) atoms. The van der Waals surface area contributed by atoms with Crippen LogP contribution in [-0.4, -0.2) is 4.57 Å². The molecule has 12 rings (SSSR count). The van der Waals surface area contributed by atoms with Crippen molar-refractivity contribution in [1.82, 2.24) is 4.57 Å². The molecule has 1 aliphatic carbocycles. The second-order valence-corrected chi connectivity index (χ2v) is 16.6. The van der Waals surface area contributed by atoms with Crippen molar-refractivity contribution in [3.8, 4) is 39.1 Å². The molecule has 0 fully saturated rings. The van der Waals surface area contributed by atoms with E-state index in [1.54, 1.807) is 0 Å². The maximum absolute atomic E-state index is 2.54. The van der Waals surface area contributed by atoms with Crippen LogP contribution in [0.4, 0.5) is 17.1 Å². The van der Waals surface area contributed by atoms with E-state index in [9.17, 15) is 0 Å². The van der Waals surface area contributed by atoms with Gasteiger partial charge in [-0.25, -0.2) is 0 Å². The molecule has 0 aliphatic heterocycles. The third-order valence-corrected chi connectivity index (χ3v) is 13.3. The first-order chi connectivity index (χ1) is 30.7. The Bertz CT molecular complexity index is 3470. The van der Waals surface area contributed by atoms with E-state index in [-0.39, 0.29) is 5.41 Å². The van der Waals surface area contributed by atoms with Crippen molar-refractivity contribution in [3.63, 3.8) is 0 Å². The first-order valence-electron chi connectivity index (χ1n) is 21.5. The largest absolute Gasteiger partial charge is 0.309 e. The SMILES string of the molecule is CC1(c2ccccc2)c2ccccc2-c2c(N(c3ccc4c(c3)c3ccccc3n4-c3ccccc3)c3ccccc3-c3cccc4cccc(-c5ccccc5)c34)cccc21. The van der Waals surface area contributed by atoms with Crippen LogP contribution in [0.3, 0.4) is 0 Å². The average Bonchev–Trinajstić information content (AvgIpc) is 3.82. The highest BCUT2D eigenvalue weighted by atomic mass is 15.1. The second-order valence-electron chi connectivity index (χ2n) is 16.6. The van der Waals surface area contributed by atoms with E-state index in [1.165, 1.54) is 82.6 Å². The second kappa shape index (κ2) is 14.4. The van der Waals surface area contributed by atoms with Crippen LogP contribution in [0, 0.1) is 0 Å². The molecule has 1 heterocycles. The van der Waals surface area contributed by atoms with E-state index in [4.69, 9.17) is 0 Å². The minimum atomic E-state index is -0.346. The van der Waals surface area contributed by atoms with Gasteiger partial charge in [-0.3, -0.25) is 0 Å². The fraction of sp³-hybridized carbons (Fsp3) is 0.0333. The lowest BCUT2D eigenvalue weighted by molar-refractivity contribution is 0.714. The number of hydrogen-bond acceptors (Lipinski definition) is 1. The van der Waals surface area contributed by atoms with Gasteiger partial charge >= 0.3 is 0 Å².